The first kappa shape index (κ1) is 22.9. The minimum absolute atomic E-state index is 0.0791. The number of carbonyl (C=O) groups excluding carboxylic acids is 2. The van der Waals surface area contributed by atoms with Crippen molar-refractivity contribution in [3.8, 4) is 11.4 Å². The maximum Gasteiger partial charge on any atom is 0.276 e. The molecule has 0 saturated carbocycles. The number of aromatic nitrogens is 2. The number of ether oxygens (including phenoxy) is 1. The average molecular weight is 467 g/mol. The summed E-state index contributed by atoms with van der Waals surface area (Å²) >= 11 is 6.06. The molecule has 1 aliphatic carbocycles. The number of hydrogen-bond donors (Lipinski definition) is 2. The summed E-state index contributed by atoms with van der Waals surface area (Å²) in [6.07, 6.45) is 4.92. The van der Waals surface area contributed by atoms with E-state index >= 15 is 0 Å². The first-order valence-corrected chi connectivity index (χ1v) is 11.6. The monoisotopic (exact) mass is 466 g/mol. The van der Waals surface area contributed by atoms with Crippen LogP contribution >= 0.6 is 11.6 Å². The summed E-state index contributed by atoms with van der Waals surface area (Å²) in [7, 11) is 0. The van der Waals surface area contributed by atoms with Gasteiger partial charge in [0.2, 0.25) is 0 Å². The average Bonchev–Trinajstić information content (AvgIpc) is 3.00. The van der Waals surface area contributed by atoms with E-state index < -0.39 is 0 Å². The number of halogens is 1. The van der Waals surface area contributed by atoms with E-state index in [4.69, 9.17) is 21.4 Å². The number of likely N-dealkylation sites (N-methyl/N-ethyl adjacent to an activating group) is 1. The largest absolute Gasteiger partial charge is 0.484 e. The zero-order chi connectivity index (χ0) is 23.2. The number of nitrogens with zero attached hydrogens (tertiary/aromatic N) is 2. The highest BCUT2D eigenvalue weighted by Gasteiger charge is 2.25. The standard InChI is InChI=1S/C25H27ClN4O3/c1-2-27-23(31)16-33-20-8-6-7-18(15-20)28-25(32)24-21-9-4-3-5-10-22(21)30(29-24)19-13-11-17(26)12-14-19/h6-8,11-15H,2-5,9-10,16H2,1H3,(H,27,31)(H,28,32). The Bertz CT molecular complexity index is 1140. The Balaban J connectivity index is 1.57. The van der Waals surface area contributed by atoms with Crippen molar-refractivity contribution in [2.45, 2.75) is 39.0 Å². The van der Waals surface area contributed by atoms with Crippen molar-refractivity contribution in [2.75, 3.05) is 18.5 Å². The molecule has 2 N–H and O–H groups in total. The lowest BCUT2D eigenvalue weighted by molar-refractivity contribution is -0.122. The molecule has 0 fully saturated rings. The van der Waals surface area contributed by atoms with Gasteiger partial charge in [-0.15, -0.1) is 0 Å². The van der Waals surface area contributed by atoms with Crippen LogP contribution in [0.4, 0.5) is 5.69 Å². The Hall–Kier alpha value is -3.32. The Morgan fingerprint density at radius 2 is 1.88 bits per heavy atom. The van der Waals surface area contributed by atoms with E-state index in [1.807, 2.05) is 35.9 Å². The van der Waals surface area contributed by atoms with E-state index in [1.165, 1.54) is 0 Å². The third-order valence-electron chi connectivity index (χ3n) is 5.55. The van der Waals surface area contributed by atoms with Crippen LogP contribution in [0.15, 0.2) is 48.5 Å². The molecule has 0 unspecified atom stereocenters. The molecule has 7 nitrogen and oxygen atoms in total. The number of fused-ring (bicyclic) bond motifs is 1. The van der Waals surface area contributed by atoms with Crippen LogP contribution in [0.1, 0.15) is 47.9 Å². The molecule has 4 rings (SSSR count). The first-order chi connectivity index (χ1) is 16.0. The zero-order valence-corrected chi connectivity index (χ0v) is 19.3. The van der Waals surface area contributed by atoms with Gasteiger partial charge in [-0.3, -0.25) is 9.59 Å². The van der Waals surface area contributed by atoms with Crippen molar-refractivity contribution in [1.82, 2.24) is 15.1 Å². The van der Waals surface area contributed by atoms with Gasteiger partial charge in [0.05, 0.1) is 5.69 Å². The quantitative estimate of drug-likeness (QED) is 0.500. The van der Waals surface area contributed by atoms with E-state index in [-0.39, 0.29) is 18.4 Å². The van der Waals surface area contributed by atoms with Gasteiger partial charge >= 0.3 is 0 Å². The van der Waals surface area contributed by atoms with Crippen LogP contribution in [-0.4, -0.2) is 34.7 Å². The lowest BCUT2D eigenvalue weighted by Gasteiger charge is -2.09. The SMILES string of the molecule is CCNC(=O)COc1cccc(NC(=O)c2nn(-c3ccc(Cl)cc3)c3c2CCCCC3)c1. The van der Waals surface area contributed by atoms with Crippen LogP contribution in [0.3, 0.4) is 0 Å². The number of hydrogen-bond acceptors (Lipinski definition) is 4. The minimum atomic E-state index is -0.262. The normalized spacial score (nSPS) is 13.0. The third kappa shape index (κ3) is 5.54. The van der Waals surface area contributed by atoms with Crippen molar-refractivity contribution in [2.24, 2.45) is 0 Å². The van der Waals surface area contributed by atoms with Crippen LogP contribution < -0.4 is 15.4 Å². The molecule has 1 aromatic heterocycles. The second-order valence-electron chi connectivity index (χ2n) is 7.95. The number of anilines is 1. The summed E-state index contributed by atoms with van der Waals surface area (Å²) in [6, 6.07) is 14.5. The number of carbonyl (C=O) groups is 2. The summed E-state index contributed by atoms with van der Waals surface area (Å²) in [4.78, 5) is 24.9. The van der Waals surface area contributed by atoms with E-state index in [9.17, 15) is 9.59 Å². The molecule has 1 heterocycles. The highest BCUT2D eigenvalue weighted by molar-refractivity contribution is 6.30. The molecular weight excluding hydrogens is 440 g/mol. The molecule has 0 radical (unpaired) electrons. The molecule has 8 heteroatoms. The molecule has 0 atom stereocenters. The predicted molar refractivity (Wildman–Crippen MR) is 128 cm³/mol. The lowest BCUT2D eigenvalue weighted by atomic mass is 10.1. The van der Waals surface area contributed by atoms with Crippen LogP contribution in [0.25, 0.3) is 5.69 Å². The van der Waals surface area contributed by atoms with Crippen LogP contribution in [0, 0.1) is 0 Å². The fraction of sp³-hybridized carbons (Fsp3) is 0.320. The predicted octanol–water partition coefficient (Wildman–Crippen LogP) is 4.56. The molecule has 2 aromatic carbocycles. The Labute approximate surface area is 198 Å². The number of benzene rings is 2. The van der Waals surface area contributed by atoms with Crippen molar-refractivity contribution in [1.29, 1.82) is 0 Å². The molecule has 0 saturated heterocycles. The molecule has 2 amide bonds. The lowest BCUT2D eigenvalue weighted by Crippen LogP contribution is -2.28. The maximum atomic E-state index is 13.2. The van der Waals surface area contributed by atoms with Crippen molar-refractivity contribution >= 4 is 29.1 Å². The van der Waals surface area contributed by atoms with Gasteiger partial charge in [-0.05, 0) is 69.0 Å². The van der Waals surface area contributed by atoms with Gasteiger partial charge in [0.1, 0.15) is 5.75 Å². The maximum absolute atomic E-state index is 13.2. The van der Waals surface area contributed by atoms with Gasteiger partial charge in [-0.1, -0.05) is 24.1 Å². The summed E-state index contributed by atoms with van der Waals surface area (Å²) in [6.45, 7) is 2.32. The molecule has 172 valence electrons. The molecular formula is C25H27ClN4O3. The van der Waals surface area contributed by atoms with Crippen LogP contribution in [0.5, 0.6) is 5.75 Å². The Morgan fingerprint density at radius 1 is 1.09 bits per heavy atom. The molecule has 0 spiro atoms. The van der Waals surface area contributed by atoms with Gasteiger partial charge in [-0.25, -0.2) is 4.68 Å². The van der Waals surface area contributed by atoms with Gasteiger partial charge < -0.3 is 15.4 Å². The summed E-state index contributed by atoms with van der Waals surface area (Å²) in [5.41, 5.74) is 3.99. The molecule has 0 bridgehead atoms. The smallest absolute Gasteiger partial charge is 0.276 e. The van der Waals surface area contributed by atoms with Gasteiger partial charge in [-0.2, -0.15) is 5.10 Å². The Morgan fingerprint density at radius 3 is 2.67 bits per heavy atom. The zero-order valence-electron chi connectivity index (χ0n) is 18.6. The highest BCUT2D eigenvalue weighted by Crippen LogP contribution is 2.28. The van der Waals surface area contributed by atoms with Crippen LogP contribution in [-0.2, 0) is 17.6 Å². The van der Waals surface area contributed by atoms with Gasteiger partial charge in [0, 0.05) is 34.6 Å². The van der Waals surface area contributed by atoms with E-state index in [2.05, 4.69) is 10.6 Å². The van der Waals surface area contributed by atoms with E-state index in [1.54, 1.807) is 24.3 Å². The van der Waals surface area contributed by atoms with E-state index in [0.29, 0.717) is 28.7 Å². The molecule has 33 heavy (non-hydrogen) atoms. The summed E-state index contributed by atoms with van der Waals surface area (Å²) < 4.78 is 7.41. The fourth-order valence-corrected chi connectivity index (χ4v) is 4.13. The van der Waals surface area contributed by atoms with Gasteiger partial charge in [0.15, 0.2) is 12.3 Å². The molecule has 1 aliphatic rings. The highest BCUT2D eigenvalue weighted by atomic mass is 35.5. The second-order valence-corrected chi connectivity index (χ2v) is 8.38. The van der Waals surface area contributed by atoms with Crippen molar-refractivity contribution < 1.29 is 14.3 Å². The number of rotatable bonds is 7. The van der Waals surface area contributed by atoms with Gasteiger partial charge in [0.25, 0.3) is 11.8 Å². The first-order valence-electron chi connectivity index (χ1n) is 11.2. The molecule has 3 aromatic rings. The third-order valence-corrected chi connectivity index (χ3v) is 5.80. The topological polar surface area (TPSA) is 85.2 Å². The Kier molecular flexibility index (Phi) is 7.29. The summed E-state index contributed by atoms with van der Waals surface area (Å²) in [5.74, 6) is 0.0497. The number of nitrogens with one attached hydrogen (secondary N) is 2. The van der Waals surface area contributed by atoms with Crippen molar-refractivity contribution in [3.63, 3.8) is 0 Å². The second kappa shape index (κ2) is 10.5. The van der Waals surface area contributed by atoms with Crippen LogP contribution in [0.2, 0.25) is 5.02 Å². The minimum Gasteiger partial charge on any atom is -0.484 e. The van der Waals surface area contributed by atoms with Crippen molar-refractivity contribution in [3.05, 3.63) is 70.5 Å². The molecule has 0 aliphatic heterocycles. The summed E-state index contributed by atoms with van der Waals surface area (Å²) in [5, 5.41) is 11.0. The van der Waals surface area contributed by atoms with E-state index in [0.717, 1.165) is 49.0 Å². The fourth-order valence-electron chi connectivity index (χ4n) is 4.01. The number of amides is 2.